The van der Waals surface area contributed by atoms with Crippen LogP contribution in [0, 0.1) is 0 Å². The Hall–Kier alpha value is -4.46. The third kappa shape index (κ3) is 5.02. The van der Waals surface area contributed by atoms with Gasteiger partial charge in [-0.2, -0.15) is 0 Å². The lowest BCUT2D eigenvalue weighted by Crippen LogP contribution is -2.35. The van der Waals surface area contributed by atoms with Gasteiger partial charge in [0.25, 0.3) is 0 Å². The van der Waals surface area contributed by atoms with Gasteiger partial charge < -0.3 is 19.4 Å². The van der Waals surface area contributed by atoms with E-state index in [1.165, 1.54) is 5.56 Å². The highest BCUT2D eigenvalue weighted by atomic mass is 16.5. The van der Waals surface area contributed by atoms with Gasteiger partial charge in [0.1, 0.15) is 5.75 Å². The molecule has 0 aliphatic carbocycles. The van der Waals surface area contributed by atoms with Gasteiger partial charge in [-0.15, -0.1) is 0 Å². The number of rotatable bonds is 4. The molecule has 0 amide bonds. The molecule has 1 aromatic carbocycles. The van der Waals surface area contributed by atoms with Gasteiger partial charge in [0.15, 0.2) is 0 Å². The number of benzene rings is 1. The van der Waals surface area contributed by atoms with Crippen LogP contribution < -0.4 is 4.74 Å². The maximum Gasteiger partial charge on any atom is 0.123 e. The van der Waals surface area contributed by atoms with Crippen molar-refractivity contribution in [3.8, 4) is 16.9 Å². The predicted molar refractivity (Wildman–Crippen MR) is 157 cm³/mol. The standard InChI is InChI=1S/C32H29N5O2/c1-38-32-9-2-21(14-22(32)20-37-10-12-39-13-11-37)30-18-29-17-27-6-5-25(34-27)15-23-3-4-24(33-23)16-26-7-8-28(35-26)19-31(30)36-29/h2-9,14-19,33,36H,10-13,20H2,1H3. The molecule has 39 heavy (non-hydrogen) atoms. The Labute approximate surface area is 226 Å². The number of ether oxygens (including phenoxy) is 2. The largest absolute Gasteiger partial charge is 0.496 e. The van der Waals surface area contributed by atoms with Crippen LogP contribution in [0.15, 0.2) is 60.7 Å². The zero-order chi connectivity index (χ0) is 26.2. The van der Waals surface area contributed by atoms with E-state index in [1.807, 2.05) is 18.2 Å². The molecular weight excluding hydrogens is 486 g/mol. The molecule has 7 heteroatoms. The van der Waals surface area contributed by atoms with Gasteiger partial charge in [-0.1, -0.05) is 6.07 Å². The molecule has 4 aromatic rings. The third-order valence-electron chi connectivity index (χ3n) is 7.26. The van der Waals surface area contributed by atoms with Crippen molar-refractivity contribution in [3.05, 3.63) is 89.0 Å². The molecule has 7 rings (SSSR count). The molecule has 194 valence electrons. The average Bonchev–Trinajstić information content (AvgIpc) is 3.75. The van der Waals surface area contributed by atoms with Crippen LogP contribution in [0.2, 0.25) is 0 Å². The molecule has 0 atom stereocenters. The fourth-order valence-electron chi connectivity index (χ4n) is 5.33. The second-order valence-corrected chi connectivity index (χ2v) is 10.0. The minimum Gasteiger partial charge on any atom is -0.496 e. The number of nitrogens with one attached hydrogen (secondary N) is 2. The van der Waals surface area contributed by atoms with E-state index in [0.717, 1.165) is 94.6 Å². The number of aromatic amines is 2. The SMILES string of the molecule is COc1ccc(-c2cc3cc4nc(cc5ccc(cc6nc(cc2[nH]3)C=C6)[nH]5)C=C4)cc1CN1CCOCC1. The first-order chi connectivity index (χ1) is 19.2. The van der Waals surface area contributed by atoms with Gasteiger partial charge >= 0.3 is 0 Å². The predicted octanol–water partition coefficient (Wildman–Crippen LogP) is 6.16. The number of aromatic nitrogens is 4. The quantitative estimate of drug-likeness (QED) is 0.294. The zero-order valence-corrected chi connectivity index (χ0v) is 21.8. The highest BCUT2D eigenvalue weighted by Gasteiger charge is 2.15. The molecular formula is C32H29N5O2. The highest BCUT2D eigenvalue weighted by molar-refractivity contribution is 5.88. The van der Waals surface area contributed by atoms with Gasteiger partial charge in [-0.25, -0.2) is 9.97 Å². The summed E-state index contributed by atoms with van der Waals surface area (Å²) < 4.78 is 11.3. The summed E-state index contributed by atoms with van der Waals surface area (Å²) in [4.78, 5) is 19.1. The molecule has 1 saturated heterocycles. The van der Waals surface area contributed by atoms with Gasteiger partial charge in [-0.05, 0) is 84.5 Å². The van der Waals surface area contributed by atoms with Crippen LogP contribution in [0.3, 0.4) is 0 Å². The van der Waals surface area contributed by atoms with E-state index in [0.29, 0.717) is 0 Å². The van der Waals surface area contributed by atoms with Crippen LogP contribution in [0.25, 0.3) is 57.5 Å². The summed E-state index contributed by atoms with van der Waals surface area (Å²) in [5.74, 6) is 0.901. The van der Waals surface area contributed by atoms with Crippen molar-refractivity contribution < 1.29 is 9.47 Å². The van der Waals surface area contributed by atoms with E-state index in [9.17, 15) is 0 Å². The van der Waals surface area contributed by atoms with Crippen LogP contribution >= 0.6 is 0 Å². The fourth-order valence-corrected chi connectivity index (χ4v) is 5.33. The fraction of sp³-hybridized carbons (Fsp3) is 0.188. The normalized spacial score (nSPS) is 15.1. The molecule has 3 aliphatic heterocycles. The summed E-state index contributed by atoms with van der Waals surface area (Å²) in [6.07, 6.45) is 8.18. The molecule has 8 bridgehead atoms. The minimum atomic E-state index is 0.768. The lowest BCUT2D eigenvalue weighted by Gasteiger charge is -2.27. The topological polar surface area (TPSA) is 79.1 Å². The van der Waals surface area contributed by atoms with Crippen molar-refractivity contribution in [1.82, 2.24) is 24.8 Å². The number of hydrogen-bond acceptors (Lipinski definition) is 5. The Balaban J connectivity index is 1.40. The number of nitrogens with zero attached hydrogens (tertiary/aromatic N) is 3. The molecule has 7 nitrogen and oxygen atoms in total. The number of fused-ring (bicyclic) bond motifs is 8. The smallest absolute Gasteiger partial charge is 0.123 e. The summed E-state index contributed by atoms with van der Waals surface area (Å²) in [7, 11) is 1.74. The van der Waals surface area contributed by atoms with E-state index >= 15 is 0 Å². The lowest BCUT2D eigenvalue weighted by atomic mass is 10.0. The molecule has 6 heterocycles. The van der Waals surface area contributed by atoms with Crippen LogP contribution in [0.5, 0.6) is 5.75 Å². The maximum atomic E-state index is 5.73. The monoisotopic (exact) mass is 515 g/mol. The van der Waals surface area contributed by atoms with Crippen LogP contribution in [-0.4, -0.2) is 58.2 Å². The first kappa shape index (κ1) is 23.6. The molecule has 0 spiro atoms. The van der Waals surface area contributed by atoms with Gasteiger partial charge in [0.2, 0.25) is 0 Å². The van der Waals surface area contributed by atoms with E-state index < -0.39 is 0 Å². The molecule has 3 aliphatic rings. The van der Waals surface area contributed by atoms with Crippen LogP contribution in [-0.2, 0) is 11.3 Å². The molecule has 0 saturated carbocycles. The van der Waals surface area contributed by atoms with Crippen molar-refractivity contribution in [3.63, 3.8) is 0 Å². The van der Waals surface area contributed by atoms with Gasteiger partial charge in [-0.3, -0.25) is 4.90 Å². The van der Waals surface area contributed by atoms with Crippen molar-refractivity contribution >= 4 is 46.4 Å². The van der Waals surface area contributed by atoms with Crippen molar-refractivity contribution in [2.45, 2.75) is 6.54 Å². The second kappa shape index (κ2) is 10.0. The van der Waals surface area contributed by atoms with E-state index in [2.05, 4.69) is 81.6 Å². The summed E-state index contributed by atoms with van der Waals surface area (Å²) >= 11 is 0. The molecule has 0 radical (unpaired) electrons. The Bertz CT molecular complexity index is 1770. The summed E-state index contributed by atoms with van der Waals surface area (Å²) in [5.41, 5.74) is 11.0. The summed E-state index contributed by atoms with van der Waals surface area (Å²) in [6, 6.07) is 21.1. The molecule has 1 fully saturated rings. The average molecular weight is 516 g/mol. The van der Waals surface area contributed by atoms with Gasteiger partial charge in [0, 0.05) is 52.8 Å². The zero-order valence-electron chi connectivity index (χ0n) is 21.8. The van der Waals surface area contributed by atoms with Gasteiger partial charge in [0.05, 0.1) is 43.1 Å². The van der Waals surface area contributed by atoms with E-state index in [1.54, 1.807) is 7.11 Å². The second-order valence-electron chi connectivity index (χ2n) is 10.0. The van der Waals surface area contributed by atoms with Crippen molar-refractivity contribution in [1.29, 1.82) is 0 Å². The van der Waals surface area contributed by atoms with Crippen molar-refractivity contribution in [2.75, 3.05) is 33.4 Å². The van der Waals surface area contributed by atoms with Crippen LogP contribution in [0.1, 0.15) is 28.3 Å². The van der Waals surface area contributed by atoms with Crippen LogP contribution in [0.4, 0.5) is 0 Å². The number of hydrogen-bond donors (Lipinski definition) is 2. The lowest BCUT2D eigenvalue weighted by molar-refractivity contribution is 0.0339. The third-order valence-corrected chi connectivity index (χ3v) is 7.26. The Morgan fingerprint density at radius 1 is 0.744 bits per heavy atom. The number of H-pyrrole nitrogens is 2. The van der Waals surface area contributed by atoms with Crippen molar-refractivity contribution in [2.24, 2.45) is 0 Å². The Morgan fingerprint density at radius 2 is 1.38 bits per heavy atom. The first-order valence-corrected chi connectivity index (χ1v) is 13.2. The Morgan fingerprint density at radius 3 is 2.05 bits per heavy atom. The molecule has 3 aromatic heterocycles. The first-order valence-electron chi connectivity index (χ1n) is 13.2. The highest BCUT2D eigenvalue weighted by Crippen LogP contribution is 2.32. The summed E-state index contributed by atoms with van der Waals surface area (Å²) in [6.45, 7) is 4.21. The molecule has 2 N–H and O–H groups in total. The maximum absolute atomic E-state index is 5.73. The van der Waals surface area contributed by atoms with E-state index in [4.69, 9.17) is 19.4 Å². The minimum absolute atomic E-state index is 0.768. The number of methoxy groups -OCH3 is 1. The Kier molecular flexibility index (Phi) is 6.07. The molecule has 0 unspecified atom stereocenters. The van der Waals surface area contributed by atoms with E-state index in [-0.39, 0.29) is 0 Å². The number of morpholine rings is 1. The summed E-state index contributed by atoms with van der Waals surface area (Å²) in [5, 5.41) is 0.